The molecule has 2 fully saturated rings. The van der Waals surface area contributed by atoms with E-state index < -0.39 is 24.4 Å². The SMILES string of the molecule is CC(C)C[C@@H](CO)NC(=O)[C@H]1O[C@@H]2CN(Cc3ccccc3)C(=O)[C@H]1O2. The van der Waals surface area contributed by atoms with Crippen molar-refractivity contribution in [1.29, 1.82) is 0 Å². The van der Waals surface area contributed by atoms with Crippen molar-refractivity contribution in [2.75, 3.05) is 13.2 Å². The van der Waals surface area contributed by atoms with Gasteiger partial charge < -0.3 is 24.8 Å². The van der Waals surface area contributed by atoms with Crippen LogP contribution < -0.4 is 5.32 Å². The Bertz CT molecular complexity index is 636. The third-order valence-corrected chi connectivity index (χ3v) is 4.59. The number of aliphatic hydroxyl groups excluding tert-OH is 1. The van der Waals surface area contributed by atoms with Crippen LogP contribution >= 0.6 is 0 Å². The quantitative estimate of drug-likeness (QED) is 0.744. The largest absolute Gasteiger partial charge is 0.394 e. The molecule has 7 nitrogen and oxygen atoms in total. The van der Waals surface area contributed by atoms with E-state index in [1.165, 1.54) is 0 Å². The number of carbonyl (C=O) groups is 2. The van der Waals surface area contributed by atoms with Crippen LogP contribution in [0.25, 0.3) is 0 Å². The number of carbonyl (C=O) groups excluding carboxylic acids is 2. The van der Waals surface area contributed by atoms with Crippen LogP contribution in [0, 0.1) is 5.92 Å². The Morgan fingerprint density at radius 3 is 2.69 bits per heavy atom. The summed E-state index contributed by atoms with van der Waals surface area (Å²) in [7, 11) is 0. The molecule has 0 unspecified atom stereocenters. The first-order valence-electron chi connectivity index (χ1n) is 9.02. The van der Waals surface area contributed by atoms with Gasteiger partial charge in [-0.25, -0.2) is 0 Å². The third-order valence-electron chi connectivity index (χ3n) is 4.59. The number of ether oxygens (including phenoxy) is 2. The molecule has 0 spiro atoms. The number of rotatable bonds is 7. The predicted octanol–water partition coefficient (Wildman–Crippen LogP) is 0.662. The molecule has 2 N–H and O–H groups in total. The molecular weight excluding hydrogens is 336 g/mol. The van der Waals surface area contributed by atoms with Crippen molar-refractivity contribution >= 4 is 11.8 Å². The molecule has 0 radical (unpaired) electrons. The van der Waals surface area contributed by atoms with E-state index in [1.54, 1.807) is 4.90 Å². The predicted molar refractivity (Wildman–Crippen MR) is 93.9 cm³/mol. The maximum absolute atomic E-state index is 12.7. The molecule has 2 saturated heterocycles. The van der Waals surface area contributed by atoms with E-state index in [1.807, 2.05) is 44.2 Å². The molecule has 2 aliphatic heterocycles. The fourth-order valence-corrected chi connectivity index (χ4v) is 3.40. The molecule has 0 aliphatic carbocycles. The number of aliphatic hydroxyl groups is 1. The molecule has 1 aromatic carbocycles. The van der Waals surface area contributed by atoms with Crippen molar-refractivity contribution in [3.05, 3.63) is 35.9 Å². The summed E-state index contributed by atoms with van der Waals surface area (Å²) in [6.07, 6.45) is -1.86. The molecule has 7 heteroatoms. The van der Waals surface area contributed by atoms with E-state index >= 15 is 0 Å². The summed E-state index contributed by atoms with van der Waals surface area (Å²) in [5.74, 6) is -0.324. The van der Waals surface area contributed by atoms with Gasteiger partial charge in [-0.1, -0.05) is 44.2 Å². The Balaban J connectivity index is 1.63. The fourth-order valence-electron chi connectivity index (χ4n) is 3.40. The maximum atomic E-state index is 12.7. The van der Waals surface area contributed by atoms with Gasteiger partial charge in [-0.05, 0) is 17.9 Å². The zero-order valence-electron chi connectivity index (χ0n) is 15.1. The lowest BCUT2D eigenvalue weighted by atomic mass is 10.0. The monoisotopic (exact) mass is 362 g/mol. The zero-order valence-corrected chi connectivity index (χ0v) is 15.1. The fraction of sp³-hybridized carbons (Fsp3) is 0.579. The second-order valence-corrected chi connectivity index (χ2v) is 7.26. The van der Waals surface area contributed by atoms with Gasteiger partial charge >= 0.3 is 0 Å². The van der Waals surface area contributed by atoms with Crippen LogP contribution in [0.1, 0.15) is 25.8 Å². The minimum Gasteiger partial charge on any atom is -0.394 e. The average molecular weight is 362 g/mol. The van der Waals surface area contributed by atoms with Crippen LogP contribution in [0.5, 0.6) is 0 Å². The number of hydrogen-bond acceptors (Lipinski definition) is 5. The summed E-state index contributed by atoms with van der Waals surface area (Å²) >= 11 is 0. The highest BCUT2D eigenvalue weighted by Gasteiger charge is 2.51. The molecule has 2 bridgehead atoms. The summed E-state index contributed by atoms with van der Waals surface area (Å²) in [5, 5.41) is 12.2. The highest BCUT2D eigenvalue weighted by Crippen LogP contribution is 2.28. The van der Waals surface area contributed by atoms with Crippen LogP contribution in [0.2, 0.25) is 0 Å². The van der Waals surface area contributed by atoms with Crippen LogP contribution in [0.3, 0.4) is 0 Å². The number of amides is 2. The Labute approximate surface area is 153 Å². The Morgan fingerprint density at radius 1 is 1.31 bits per heavy atom. The summed E-state index contributed by atoms with van der Waals surface area (Å²) in [6, 6.07) is 9.31. The van der Waals surface area contributed by atoms with Gasteiger partial charge in [0.1, 0.15) is 0 Å². The van der Waals surface area contributed by atoms with Gasteiger partial charge in [-0.2, -0.15) is 0 Å². The lowest BCUT2D eigenvalue weighted by Crippen LogP contribution is -2.52. The van der Waals surface area contributed by atoms with E-state index in [0.717, 1.165) is 5.56 Å². The number of benzene rings is 1. The van der Waals surface area contributed by atoms with Crippen molar-refractivity contribution in [3.63, 3.8) is 0 Å². The van der Waals surface area contributed by atoms with Gasteiger partial charge in [0.25, 0.3) is 11.8 Å². The highest BCUT2D eigenvalue weighted by molar-refractivity contribution is 5.92. The van der Waals surface area contributed by atoms with Crippen molar-refractivity contribution < 1.29 is 24.2 Å². The normalized spacial score (nSPS) is 26.2. The Morgan fingerprint density at radius 2 is 2.04 bits per heavy atom. The highest BCUT2D eigenvalue weighted by atomic mass is 16.7. The molecule has 0 saturated carbocycles. The van der Waals surface area contributed by atoms with Crippen LogP contribution in [-0.2, 0) is 25.6 Å². The number of hydrogen-bond donors (Lipinski definition) is 2. The van der Waals surface area contributed by atoms with Gasteiger partial charge in [0.2, 0.25) is 0 Å². The van der Waals surface area contributed by atoms with E-state index in [9.17, 15) is 14.7 Å². The number of fused-ring (bicyclic) bond motifs is 2. The molecule has 2 heterocycles. The van der Waals surface area contributed by atoms with Gasteiger partial charge in [-0.3, -0.25) is 9.59 Å². The molecular formula is C19H26N2O5. The van der Waals surface area contributed by atoms with E-state index in [0.29, 0.717) is 25.4 Å². The Hall–Kier alpha value is -1.96. The first-order chi connectivity index (χ1) is 12.5. The van der Waals surface area contributed by atoms with E-state index in [4.69, 9.17) is 9.47 Å². The minimum atomic E-state index is -0.977. The summed E-state index contributed by atoms with van der Waals surface area (Å²) in [4.78, 5) is 26.9. The van der Waals surface area contributed by atoms with Crippen molar-refractivity contribution in [3.8, 4) is 0 Å². The molecule has 0 aromatic heterocycles. The number of nitrogens with one attached hydrogen (secondary N) is 1. The average Bonchev–Trinajstić information content (AvgIpc) is 2.99. The molecule has 26 heavy (non-hydrogen) atoms. The molecule has 2 aliphatic rings. The smallest absolute Gasteiger partial charge is 0.255 e. The van der Waals surface area contributed by atoms with Crippen LogP contribution in [0.4, 0.5) is 0 Å². The molecule has 4 atom stereocenters. The van der Waals surface area contributed by atoms with Gasteiger partial charge in [0.05, 0.1) is 19.2 Å². The lowest BCUT2D eigenvalue weighted by molar-refractivity contribution is -0.162. The standard InChI is InChI=1S/C19H26N2O5/c1-12(2)8-14(11-22)20-18(23)16-17-19(24)21(10-15(25-16)26-17)9-13-6-4-3-5-7-13/h3-7,12,14-17,22H,8-11H2,1-2H3,(H,20,23)/t14-,15-,16-,17-/m0/s1. The zero-order chi connectivity index (χ0) is 18.7. The summed E-state index contributed by atoms with van der Waals surface area (Å²) < 4.78 is 11.2. The second kappa shape index (κ2) is 8.16. The molecule has 142 valence electrons. The molecule has 2 amide bonds. The second-order valence-electron chi connectivity index (χ2n) is 7.26. The summed E-state index contributed by atoms with van der Waals surface area (Å²) in [5.41, 5.74) is 1.01. The van der Waals surface area contributed by atoms with Gasteiger partial charge in [-0.15, -0.1) is 0 Å². The van der Waals surface area contributed by atoms with E-state index in [2.05, 4.69) is 5.32 Å². The molecule has 3 rings (SSSR count). The van der Waals surface area contributed by atoms with Crippen LogP contribution in [0.15, 0.2) is 30.3 Å². The molecule has 1 aromatic rings. The summed E-state index contributed by atoms with van der Waals surface area (Å²) in [6.45, 7) is 4.63. The lowest BCUT2D eigenvalue weighted by Gasteiger charge is -2.30. The Kier molecular flexibility index (Phi) is 5.90. The van der Waals surface area contributed by atoms with E-state index in [-0.39, 0.29) is 18.6 Å². The van der Waals surface area contributed by atoms with Gasteiger partial charge in [0, 0.05) is 6.54 Å². The van der Waals surface area contributed by atoms with Gasteiger partial charge in [0.15, 0.2) is 18.5 Å². The third kappa shape index (κ3) is 4.23. The van der Waals surface area contributed by atoms with Crippen molar-refractivity contribution in [2.24, 2.45) is 5.92 Å². The number of nitrogens with zero attached hydrogens (tertiary/aromatic N) is 1. The first kappa shape index (κ1) is 18.8. The van der Waals surface area contributed by atoms with Crippen LogP contribution in [-0.4, -0.2) is 59.5 Å². The number of morpholine rings is 1. The van der Waals surface area contributed by atoms with Crippen molar-refractivity contribution in [1.82, 2.24) is 10.2 Å². The topological polar surface area (TPSA) is 88.1 Å². The van der Waals surface area contributed by atoms with Crippen molar-refractivity contribution in [2.45, 2.75) is 51.4 Å². The minimum absolute atomic E-state index is 0.153. The maximum Gasteiger partial charge on any atom is 0.255 e. The first-order valence-corrected chi connectivity index (χ1v) is 9.02.